The summed E-state index contributed by atoms with van der Waals surface area (Å²) in [5.41, 5.74) is 9.71. The predicted molar refractivity (Wildman–Crippen MR) is 63.6 cm³/mol. The normalized spacial score (nSPS) is 10.4. The standard InChI is InChI=1S/C12H13NS/c1-8-9(2)14-12(13)11(8)10-6-4-3-5-7-10/h3-7H,13H2,1-2H3. The molecular weight excluding hydrogens is 190 g/mol. The number of rotatable bonds is 1. The zero-order valence-corrected chi connectivity index (χ0v) is 9.19. The molecule has 1 heterocycles. The number of hydrogen-bond acceptors (Lipinski definition) is 2. The van der Waals surface area contributed by atoms with Gasteiger partial charge in [0.25, 0.3) is 0 Å². The molecule has 0 radical (unpaired) electrons. The first-order chi connectivity index (χ1) is 6.70. The van der Waals surface area contributed by atoms with Gasteiger partial charge in [0.05, 0.1) is 5.00 Å². The molecule has 2 N–H and O–H groups in total. The molecule has 0 fully saturated rings. The van der Waals surface area contributed by atoms with Crippen LogP contribution in [0.25, 0.3) is 11.1 Å². The summed E-state index contributed by atoms with van der Waals surface area (Å²) in [7, 11) is 0. The van der Waals surface area contributed by atoms with Gasteiger partial charge in [0.15, 0.2) is 0 Å². The average Bonchev–Trinajstić information content (AvgIpc) is 2.43. The lowest BCUT2D eigenvalue weighted by Gasteiger charge is -2.01. The molecule has 0 aliphatic rings. The molecule has 0 spiro atoms. The van der Waals surface area contributed by atoms with Gasteiger partial charge >= 0.3 is 0 Å². The van der Waals surface area contributed by atoms with Crippen LogP contribution in [0.3, 0.4) is 0 Å². The van der Waals surface area contributed by atoms with Gasteiger partial charge in [-0.1, -0.05) is 30.3 Å². The van der Waals surface area contributed by atoms with Crippen LogP contribution >= 0.6 is 11.3 Å². The summed E-state index contributed by atoms with van der Waals surface area (Å²) in [6.07, 6.45) is 0. The van der Waals surface area contributed by atoms with E-state index in [9.17, 15) is 0 Å². The maximum Gasteiger partial charge on any atom is 0.0941 e. The topological polar surface area (TPSA) is 26.0 Å². The molecule has 1 nitrogen and oxygen atoms in total. The van der Waals surface area contributed by atoms with Crippen LogP contribution in [0.1, 0.15) is 10.4 Å². The van der Waals surface area contributed by atoms with Gasteiger partial charge < -0.3 is 5.73 Å². The Bertz CT molecular complexity index is 443. The van der Waals surface area contributed by atoms with E-state index in [4.69, 9.17) is 5.73 Å². The Kier molecular flexibility index (Phi) is 2.30. The number of anilines is 1. The van der Waals surface area contributed by atoms with Crippen LogP contribution in [0.2, 0.25) is 0 Å². The maximum absolute atomic E-state index is 5.99. The summed E-state index contributed by atoms with van der Waals surface area (Å²) < 4.78 is 0. The molecule has 14 heavy (non-hydrogen) atoms. The van der Waals surface area contributed by atoms with E-state index in [1.54, 1.807) is 11.3 Å². The van der Waals surface area contributed by atoms with Crippen LogP contribution in [0, 0.1) is 13.8 Å². The van der Waals surface area contributed by atoms with Crippen molar-refractivity contribution in [2.75, 3.05) is 5.73 Å². The lowest BCUT2D eigenvalue weighted by atomic mass is 10.0. The van der Waals surface area contributed by atoms with E-state index in [0.717, 1.165) is 5.00 Å². The molecule has 1 aromatic carbocycles. The second kappa shape index (κ2) is 3.46. The van der Waals surface area contributed by atoms with Crippen molar-refractivity contribution in [3.8, 4) is 11.1 Å². The third kappa shape index (κ3) is 1.42. The lowest BCUT2D eigenvalue weighted by molar-refractivity contribution is 1.44. The molecule has 1 aromatic heterocycles. The van der Waals surface area contributed by atoms with E-state index in [0.29, 0.717) is 0 Å². The van der Waals surface area contributed by atoms with Crippen LogP contribution < -0.4 is 5.73 Å². The minimum Gasteiger partial charge on any atom is -0.390 e. The zero-order valence-electron chi connectivity index (χ0n) is 8.37. The van der Waals surface area contributed by atoms with Gasteiger partial charge in [-0.05, 0) is 25.0 Å². The van der Waals surface area contributed by atoms with Gasteiger partial charge in [-0.25, -0.2) is 0 Å². The van der Waals surface area contributed by atoms with E-state index in [1.807, 2.05) is 18.2 Å². The molecule has 0 aliphatic carbocycles. The molecule has 0 aliphatic heterocycles. The predicted octanol–water partition coefficient (Wildman–Crippen LogP) is 3.61. The van der Waals surface area contributed by atoms with Crippen molar-refractivity contribution in [1.29, 1.82) is 0 Å². The summed E-state index contributed by atoms with van der Waals surface area (Å²) in [6, 6.07) is 10.3. The van der Waals surface area contributed by atoms with Crippen LogP contribution in [-0.4, -0.2) is 0 Å². The molecule has 72 valence electrons. The summed E-state index contributed by atoms with van der Waals surface area (Å²) >= 11 is 1.67. The number of hydrogen-bond donors (Lipinski definition) is 1. The molecule has 0 atom stereocenters. The molecule has 2 aromatic rings. The highest BCUT2D eigenvalue weighted by Crippen LogP contribution is 2.37. The molecule has 0 unspecified atom stereocenters. The third-order valence-electron chi connectivity index (χ3n) is 2.48. The van der Waals surface area contributed by atoms with Crippen molar-refractivity contribution in [3.05, 3.63) is 40.8 Å². The quantitative estimate of drug-likeness (QED) is 0.752. The van der Waals surface area contributed by atoms with E-state index >= 15 is 0 Å². The third-order valence-corrected chi connectivity index (χ3v) is 3.51. The first-order valence-corrected chi connectivity index (χ1v) is 5.42. The van der Waals surface area contributed by atoms with Crippen molar-refractivity contribution in [3.63, 3.8) is 0 Å². The SMILES string of the molecule is Cc1sc(N)c(-c2ccccc2)c1C. The fourth-order valence-corrected chi connectivity index (χ4v) is 2.57. The van der Waals surface area contributed by atoms with Gasteiger partial charge in [-0.3, -0.25) is 0 Å². The van der Waals surface area contributed by atoms with Gasteiger partial charge in [0.2, 0.25) is 0 Å². The number of benzene rings is 1. The molecule has 2 heteroatoms. The Hall–Kier alpha value is -1.28. The highest BCUT2D eigenvalue weighted by atomic mass is 32.1. The fourth-order valence-electron chi connectivity index (χ4n) is 1.62. The molecule has 0 bridgehead atoms. The summed E-state index contributed by atoms with van der Waals surface area (Å²) in [4.78, 5) is 1.31. The maximum atomic E-state index is 5.99. The Morgan fingerprint density at radius 3 is 2.21 bits per heavy atom. The largest absolute Gasteiger partial charge is 0.390 e. The molecule has 0 amide bonds. The number of nitrogens with two attached hydrogens (primary N) is 1. The lowest BCUT2D eigenvalue weighted by Crippen LogP contribution is -1.85. The van der Waals surface area contributed by atoms with Crippen LogP contribution in [0.4, 0.5) is 5.00 Å². The van der Waals surface area contributed by atoms with Crippen molar-refractivity contribution >= 4 is 16.3 Å². The second-order valence-corrected chi connectivity index (χ2v) is 4.64. The van der Waals surface area contributed by atoms with Crippen molar-refractivity contribution < 1.29 is 0 Å². The zero-order chi connectivity index (χ0) is 10.1. The highest BCUT2D eigenvalue weighted by Gasteiger charge is 2.10. The van der Waals surface area contributed by atoms with Crippen molar-refractivity contribution in [2.24, 2.45) is 0 Å². The molecule has 0 saturated heterocycles. The highest BCUT2D eigenvalue weighted by molar-refractivity contribution is 7.16. The number of nitrogen functional groups attached to an aromatic ring is 1. The van der Waals surface area contributed by atoms with Gasteiger partial charge in [-0.15, -0.1) is 11.3 Å². The first kappa shape index (κ1) is 9.28. The summed E-state index contributed by atoms with van der Waals surface area (Å²) in [6.45, 7) is 4.24. The Balaban J connectivity index is 2.62. The van der Waals surface area contributed by atoms with Gasteiger partial charge in [0.1, 0.15) is 0 Å². The summed E-state index contributed by atoms with van der Waals surface area (Å²) in [5, 5.41) is 0.922. The summed E-state index contributed by atoms with van der Waals surface area (Å²) in [5.74, 6) is 0. The Morgan fingerprint density at radius 2 is 1.71 bits per heavy atom. The number of thiophene rings is 1. The smallest absolute Gasteiger partial charge is 0.0941 e. The van der Waals surface area contributed by atoms with Crippen LogP contribution in [0.15, 0.2) is 30.3 Å². The van der Waals surface area contributed by atoms with Crippen LogP contribution in [0.5, 0.6) is 0 Å². The Labute approximate surface area is 88.2 Å². The van der Waals surface area contributed by atoms with Crippen LogP contribution in [-0.2, 0) is 0 Å². The fraction of sp³-hybridized carbons (Fsp3) is 0.167. The molecular formula is C12H13NS. The minimum atomic E-state index is 0.922. The van der Waals surface area contributed by atoms with Gasteiger partial charge in [0, 0.05) is 10.4 Å². The van der Waals surface area contributed by atoms with Crippen molar-refractivity contribution in [2.45, 2.75) is 13.8 Å². The minimum absolute atomic E-state index is 0.922. The van der Waals surface area contributed by atoms with E-state index in [-0.39, 0.29) is 0 Å². The van der Waals surface area contributed by atoms with E-state index in [2.05, 4.69) is 26.0 Å². The molecule has 0 saturated carbocycles. The number of aryl methyl sites for hydroxylation is 1. The van der Waals surface area contributed by atoms with E-state index < -0.39 is 0 Å². The van der Waals surface area contributed by atoms with Gasteiger partial charge in [-0.2, -0.15) is 0 Å². The average molecular weight is 203 g/mol. The van der Waals surface area contributed by atoms with E-state index in [1.165, 1.54) is 21.6 Å². The second-order valence-electron chi connectivity index (χ2n) is 3.39. The monoisotopic (exact) mass is 203 g/mol. The Morgan fingerprint density at radius 1 is 1.07 bits per heavy atom. The molecule has 2 rings (SSSR count). The first-order valence-electron chi connectivity index (χ1n) is 4.61. The van der Waals surface area contributed by atoms with Crippen molar-refractivity contribution in [1.82, 2.24) is 0 Å².